The number of piperidine rings is 1. The normalized spacial score (nSPS) is 20.8. The van der Waals surface area contributed by atoms with Crippen molar-refractivity contribution in [2.24, 2.45) is 16.8 Å². The molecule has 0 spiro atoms. The Balaban J connectivity index is 0.00000243. The van der Waals surface area contributed by atoms with Crippen molar-refractivity contribution in [3.63, 3.8) is 0 Å². The van der Waals surface area contributed by atoms with Crippen molar-refractivity contribution in [2.75, 3.05) is 25.5 Å². The van der Waals surface area contributed by atoms with E-state index in [0.717, 1.165) is 49.1 Å². The summed E-state index contributed by atoms with van der Waals surface area (Å²) in [6.07, 6.45) is 5.76. The third-order valence-electron chi connectivity index (χ3n) is 5.29. The van der Waals surface area contributed by atoms with Crippen molar-refractivity contribution >= 4 is 41.5 Å². The Morgan fingerprint density at radius 2 is 2.08 bits per heavy atom. The number of guanidine groups is 1. The predicted molar refractivity (Wildman–Crippen MR) is 118 cm³/mol. The molecule has 0 bridgehead atoms. The van der Waals surface area contributed by atoms with Crippen LogP contribution < -0.4 is 10.6 Å². The Morgan fingerprint density at radius 1 is 1.27 bits per heavy atom. The smallest absolute Gasteiger partial charge is 0.227 e. The predicted octanol–water partition coefficient (Wildman–Crippen LogP) is 3.85. The number of hydrogen-bond donors (Lipinski definition) is 2. The van der Waals surface area contributed by atoms with Crippen molar-refractivity contribution in [1.29, 1.82) is 0 Å². The zero-order valence-corrected chi connectivity index (χ0v) is 18.2. The molecule has 1 unspecified atom stereocenters. The van der Waals surface area contributed by atoms with E-state index in [0.29, 0.717) is 6.54 Å². The van der Waals surface area contributed by atoms with Gasteiger partial charge in [-0.2, -0.15) is 0 Å². The molecule has 0 radical (unpaired) electrons. The molecule has 1 saturated carbocycles. The second-order valence-corrected chi connectivity index (χ2v) is 7.41. The van der Waals surface area contributed by atoms with E-state index < -0.39 is 0 Å². The van der Waals surface area contributed by atoms with Gasteiger partial charge in [-0.3, -0.25) is 9.79 Å². The van der Waals surface area contributed by atoms with Crippen LogP contribution in [0.5, 0.6) is 0 Å². The van der Waals surface area contributed by atoms with Gasteiger partial charge in [-0.15, -0.1) is 24.0 Å². The van der Waals surface area contributed by atoms with E-state index in [9.17, 15) is 4.79 Å². The van der Waals surface area contributed by atoms with Gasteiger partial charge in [0.25, 0.3) is 0 Å². The largest absolute Gasteiger partial charge is 0.352 e. The molecule has 1 atom stereocenters. The van der Waals surface area contributed by atoms with Gasteiger partial charge >= 0.3 is 0 Å². The Kier molecular flexibility index (Phi) is 8.18. The number of halogens is 1. The maximum Gasteiger partial charge on any atom is 0.227 e. The molecule has 5 nitrogen and oxygen atoms in total. The Labute approximate surface area is 174 Å². The number of anilines is 1. The monoisotopic (exact) mass is 470 g/mol. The van der Waals surface area contributed by atoms with E-state index in [1.165, 1.54) is 19.3 Å². The molecule has 2 N–H and O–H groups in total. The molecule has 0 aromatic heterocycles. The van der Waals surface area contributed by atoms with Crippen molar-refractivity contribution in [3.8, 4) is 0 Å². The number of hydrogen-bond acceptors (Lipinski definition) is 2. The van der Waals surface area contributed by atoms with Gasteiger partial charge < -0.3 is 15.5 Å². The number of carbonyl (C=O) groups excluding carboxylic acids is 1. The molecule has 26 heavy (non-hydrogen) atoms. The summed E-state index contributed by atoms with van der Waals surface area (Å²) in [5.41, 5.74) is 2.04. The van der Waals surface area contributed by atoms with Crippen LogP contribution in [0, 0.1) is 11.8 Å². The van der Waals surface area contributed by atoms with E-state index in [4.69, 9.17) is 0 Å². The van der Waals surface area contributed by atoms with E-state index in [1.54, 1.807) is 0 Å². The molecule has 1 heterocycles. The minimum absolute atomic E-state index is 0. The van der Waals surface area contributed by atoms with E-state index >= 15 is 0 Å². The van der Waals surface area contributed by atoms with Gasteiger partial charge in [0.15, 0.2) is 5.96 Å². The first kappa shape index (κ1) is 21.0. The van der Waals surface area contributed by atoms with Crippen molar-refractivity contribution in [3.05, 3.63) is 29.8 Å². The first-order valence-corrected chi connectivity index (χ1v) is 9.51. The first-order chi connectivity index (χ1) is 12.2. The minimum atomic E-state index is 0. The summed E-state index contributed by atoms with van der Waals surface area (Å²) in [5, 5.41) is 6.51. The lowest BCUT2D eigenvalue weighted by Crippen LogP contribution is -2.45. The molecule has 3 rings (SSSR count). The number of rotatable bonds is 4. The fourth-order valence-electron chi connectivity index (χ4n) is 3.57. The summed E-state index contributed by atoms with van der Waals surface area (Å²) < 4.78 is 0. The average molecular weight is 470 g/mol. The summed E-state index contributed by atoms with van der Waals surface area (Å²) in [7, 11) is 1.84. The molecule has 1 saturated heterocycles. The average Bonchev–Trinajstić information content (AvgIpc) is 2.54. The van der Waals surface area contributed by atoms with Crippen LogP contribution in [0.1, 0.15) is 44.6 Å². The number of carbonyl (C=O) groups is 1. The molecule has 144 valence electrons. The van der Waals surface area contributed by atoms with Gasteiger partial charge in [-0.25, -0.2) is 0 Å². The van der Waals surface area contributed by atoms with Gasteiger partial charge in [0.1, 0.15) is 0 Å². The van der Waals surface area contributed by atoms with Crippen LogP contribution in [-0.4, -0.2) is 36.9 Å². The highest BCUT2D eigenvalue weighted by Crippen LogP contribution is 2.27. The van der Waals surface area contributed by atoms with Crippen molar-refractivity contribution < 1.29 is 4.79 Å². The summed E-state index contributed by atoms with van der Waals surface area (Å²) >= 11 is 0. The second kappa shape index (κ2) is 10.1. The zero-order chi connectivity index (χ0) is 17.6. The quantitative estimate of drug-likeness (QED) is 0.400. The molecule has 1 aliphatic heterocycles. The maximum absolute atomic E-state index is 12.1. The minimum Gasteiger partial charge on any atom is -0.352 e. The van der Waals surface area contributed by atoms with Gasteiger partial charge in [0, 0.05) is 38.3 Å². The Bertz CT molecular complexity index is 630. The van der Waals surface area contributed by atoms with Crippen LogP contribution in [0.4, 0.5) is 5.69 Å². The number of aliphatic imine (C=N–C) groups is 1. The Morgan fingerprint density at radius 3 is 2.73 bits per heavy atom. The van der Waals surface area contributed by atoms with Crippen molar-refractivity contribution in [2.45, 2.75) is 45.6 Å². The van der Waals surface area contributed by atoms with Crippen LogP contribution in [0.25, 0.3) is 0 Å². The van der Waals surface area contributed by atoms with Crippen LogP contribution in [0.15, 0.2) is 29.3 Å². The van der Waals surface area contributed by atoms with E-state index in [1.807, 2.05) is 19.2 Å². The molecule has 1 aromatic rings. The highest BCUT2D eigenvalue weighted by molar-refractivity contribution is 14.0. The van der Waals surface area contributed by atoms with Crippen molar-refractivity contribution in [1.82, 2.24) is 10.2 Å². The topological polar surface area (TPSA) is 56.7 Å². The SMILES string of the molecule is CN=C(NCc1cccc(NC(=O)C2CCC2)c1)N1CCCC(C)C1.I. The van der Waals surface area contributed by atoms with E-state index in [-0.39, 0.29) is 35.8 Å². The summed E-state index contributed by atoms with van der Waals surface area (Å²) in [6, 6.07) is 8.09. The van der Waals surface area contributed by atoms with Gasteiger partial charge in [-0.05, 0) is 49.3 Å². The maximum atomic E-state index is 12.1. The number of amides is 1. The number of likely N-dealkylation sites (tertiary alicyclic amines) is 1. The molecule has 1 aromatic carbocycles. The molecular weight excluding hydrogens is 439 g/mol. The van der Waals surface area contributed by atoms with Gasteiger partial charge in [0.2, 0.25) is 5.91 Å². The Hall–Kier alpha value is -1.31. The fraction of sp³-hybridized carbons (Fsp3) is 0.600. The second-order valence-electron chi connectivity index (χ2n) is 7.41. The highest BCUT2D eigenvalue weighted by Gasteiger charge is 2.25. The fourth-order valence-corrected chi connectivity index (χ4v) is 3.57. The zero-order valence-electron chi connectivity index (χ0n) is 15.8. The first-order valence-electron chi connectivity index (χ1n) is 9.51. The molecule has 6 heteroatoms. The number of nitrogens with zero attached hydrogens (tertiary/aromatic N) is 2. The standard InChI is InChI=1S/C20H30N4O.HI/c1-15-6-5-11-24(14-15)20(21-2)22-13-16-7-3-10-18(12-16)23-19(25)17-8-4-9-17;/h3,7,10,12,15,17H,4-6,8-9,11,13-14H2,1-2H3,(H,21,22)(H,23,25);1H. The summed E-state index contributed by atoms with van der Waals surface area (Å²) in [6.45, 7) is 5.15. The highest BCUT2D eigenvalue weighted by atomic mass is 127. The van der Waals surface area contributed by atoms with Gasteiger partial charge in [-0.1, -0.05) is 25.5 Å². The molecule has 2 fully saturated rings. The lowest BCUT2D eigenvalue weighted by Gasteiger charge is -2.33. The van der Waals surface area contributed by atoms with Crippen LogP contribution >= 0.6 is 24.0 Å². The molecule has 1 aliphatic carbocycles. The van der Waals surface area contributed by atoms with Crippen LogP contribution in [0.3, 0.4) is 0 Å². The summed E-state index contributed by atoms with van der Waals surface area (Å²) in [4.78, 5) is 18.9. The summed E-state index contributed by atoms with van der Waals surface area (Å²) in [5.74, 6) is 2.06. The van der Waals surface area contributed by atoms with Crippen LogP contribution in [0.2, 0.25) is 0 Å². The van der Waals surface area contributed by atoms with Crippen LogP contribution in [-0.2, 0) is 11.3 Å². The molecule has 2 aliphatic rings. The molecule has 1 amide bonds. The number of nitrogens with one attached hydrogen (secondary N) is 2. The third kappa shape index (κ3) is 5.59. The third-order valence-corrected chi connectivity index (χ3v) is 5.29. The number of benzene rings is 1. The lowest BCUT2D eigenvalue weighted by molar-refractivity contribution is -0.122. The van der Waals surface area contributed by atoms with Gasteiger partial charge in [0.05, 0.1) is 0 Å². The lowest BCUT2D eigenvalue weighted by atomic mass is 9.85. The van der Waals surface area contributed by atoms with E-state index in [2.05, 4.69) is 39.6 Å². The molecular formula is C20H31IN4O.